The van der Waals surface area contributed by atoms with Crippen LogP contribution in [-0.4, -0.2) is 42.0 Å². The second-order valence-corrected chi connectivity index (χ2v) is 5.71. The maximum absolute atomic E-state index is 12.5. The van der Waals surface area contributed by atoms with Crippen molar-refractivity contribution in [3.8, 4) is 0 Å². The van der Waals surface area contributed by atoms with Crippen molar-refractivity contribution in [2.24, 2.45) is 0 Å². The van der Waals surface area contributed by atoms with Crippen LogP contribution in [0.2, 0.25) is 0 Å². The second-order valence-electron chi connectivity index (χ2n) is 5.71. The number of nitrogens with one attached hydrogen (secondary N) is 3. The van der Waals surface area contributed by atoms with Crippen LogP contribution in [0.4, 0.5) is 5.82 Å². The van der Waals surface area contributed by atoms with Crippen LogP contribution in [0.3, 0.4) is 0 Å². The Hall–Kier alpha value is -3.42. The lowest BCUT2D eigenvalue weighted by Crippen LogP contribution is -2.37. The van der Waals surface area contributed by atoms with Gasteiger partial charge in [-0.05, 0) is 24.6 Å². The number of carbonyl (C=O) groups excluding carboxylic acids is 2. The molecule has 1 aliphatic carbocycles. The maximum atomic E-state index is 12.5. The third-order valence-electron chi connectivity index (χ3n) is 4.09. The molecule has 0 aromatic carbocycles. The number of esters is 1. The van der Waals surface area contributed by atoms with Crippen LogP contribution in [0.15, 0.2) is 46.9 Å². The number of nitrogens with zero attached hydrogens (tertiary/aromatic N) is 1. The largest absolute Gasteiger partial charge is 0.465 e. The molecule has 3 rings (SSSR count). The number of aromatic amines is 1. The molecule has 0 radical (unpaired) electrons. The zero-order valence-corrected chi connectivity index (χ0v) is 14.3. The third kappa shape index (κ3) is 3.34. The van der Waals surface area contributed by atoms with Crippen molar-refractivity contribution < 1.29 is 14.3 Å². The molecule has 2 aromatic heterocycles. The normalized spacial score (nSPS) is 16.1. The average Bonchev–Trinajstić information content (AvgIpc) is 2.66. The lowest BCUT2D eigenvalue weighted by Gasteiger charge is -2.17. The zero-order valence-electron chi connectivity index (χ0n) is 14.3. The lowest BCUT2D eigenvalue weighted by atomic mass is 10.0. The Kier molecular flexibility index (Phi) is 4.83. The van der Waals surface area contributed by atoms with Crippen LogP contribution in [0.25, 0.3) is 10.9 Å². The number of hydrogen-bond donors (Lipinski definition) is 3. The van der Waals surface area contributed by atoms with Crippen molar-refractivity contribution in [1.82, 2.24) is 15.3 Å². The van der Waals surface area contributed by atoms with E-state index in [0.717, 1.165) is 0 Å². The summed E-state index contributed by atoms with van der Waals surface area (Å²) in [6.45, 7) is 0. The number of ether oxygens (including phenoxy) is 1. The van der Waals surface area contributed by atoms with Gasteiger partial charge in [0, 0.05) is 18.6 Å². The van der Waals surface area contributed by atoms with Gasteiger partial charge in [-0.2, -0.15) is 0 Å². The highest BCUT2D eigenvalue weighted by molar-refractivity contribution is 5.99. The Bertz CT molecular complexity index is 990. The number of H-pyrrole nitrogens is 1. The van der Waals surface area contributed by atoms with E-state index >= 15 is 0 Å². The predicted octanol–water partition coefficient (Wildman–Crippen LogP) is 1.12. The standard InChI is InChI=1S/C18H18N4O4/c1-19-15-14-11(7-8-20-15)9-13(17(24)22-14)16(23)21-12-5-3-10(4-6-12)18(25)26-2/h3-5,7-9,12H,6H2,1-2H3,(H,19,20)(H,21,23)(H,22,24). The van der Waals surface area contributed by atoms with Crippen LogP contribution >= 0.6 is 0 Å². The molecule has 0 fully saturated rings. The van der Waals surface area contributed by atoms with Crippen LogP contribution in [-0.2, 0) is 9.53 Å². The van der Waals surface area contributed by atoms with E-state index in [0.29, 0.717) is 28.7 Å². The quantitative estimate of drug-likeness (QED) is 0.709. The number of anilines is 1. The molecule has 0 aliphatic heterocycles. The highest BCUT2D eigenvalue weighted by atomic mass is 16.5. The number of aromatic nitrogens is 2. The first-order chi connectivity index (χ1) is 12.5. The van der Waals surface area contributed by atoms with Gasteiger partial charge >= 0.3 is 5.97 Å². The van der Waals surface area contributed by atoms with Gasteiger partial charge in [0.05, 0.1) is 24.2 Å². The molecule has 3 N–H and O–H groups in total. The summed E-state index contributed by atoms with van der Waals surface area (Å²) in [5.74, 6) is -0.381. The topological polar surface area (TPSA) is 113 Å². The minimum Gasteiger partial charge on any atom is -0.465 e. The molecule has 1 amide bonds. The van der Waals surface area contributed by atoms with Crippen LogP contribution in [0.1, 0.15) is 16.8 Å². The lowest BCUT2D eigenvalue weighted by molar-refractivity contribution is -0.135. The monoisotopic (exact) mass is 354 g/mol. The number of fused-ring (bicyclic) bond motifs is 1. The predicted molar refractivity (Wildman–Crippen MR) is 97.0 cm³/mol. The van der Waals surface area contributed by atoms with Gasteiger partial charge < -0.3 is 20.4 Å². The Morgan fingerprint density at radius 2 is 2.19 bits per heavy atom. The van der Waals surface area contributed by atoms with Crippen LogP contribution in [0.5, 0.6) is 0 Å². The van der Waals surface area contributed by atoms with Gasteiger partial charge in [0.15, 0.2) is 0 Å². The summed E-state index contributed by atoms with van der Waals surface area (Å²) in [6, 6.07) is 2.94. The first-order valence-corrected chi connectivity index (χ1v) is 8.01. The van der Waals surface area contributed by atoms with Crippen molar-refractivity contribution in [3.05, 3.63) is 58.0 Å². The highest BCUT2D eigenvalue weighted by Crippen LogP contribution is 2.18. The van der Waals surface area contributed by atoms with Gasteiger partial charge in [-0.3, -0.25) is 9.59 Å². The van der Waals surface area contributed by atoms with E-state index in [2.05, 4.69) is 25.3 Å². The Morgan fingerprint density at radius 1 is 1.38 bits per heavy atom. The van der Waals surface area contributed by atoms with Crippen LogP contribution < -0.4 is 16.2 Å². The van der Waals surface area contributed by atoms with E-state index in [4.69, 9.17) is 0 Å². The molecule has 8 nitrogen and oxygen atoms in total. The molecule has 8 heteroatoms. The number of methoxy groups -OCH3 is 1. The van der Waals surface area contributed by atoms with Gasteiger partial charge in [-0.1, -0.05) is 12.2 Å². The number of rotatable bonds is 4. The van der Waals surface area contributed by atoms with Crippen molar-refractivity contribution >= 4 is 28.6 Å². The summed E-state index contributed by atoms with van der Waals surface area (Å²) >= 11 is 0. The molecule has 2 aromatic rings. The first-order valence-electron chi connectivity index (χ1n) is 8.01. The van der Waals surface area contributed by atoms with E-state index in [9.17, 15) is 14.4 Å². The fourth-order valence-corrected chi connectivity index (χ4v) is 2.73. The highest BCUT2D eigenvalue weighted by Gasteiger charge is 2.19. The number of pyridine rings is 2. The Morgan fingerprint density at radius 3 is 2.85 bits per heavy atom. The van der Waals surface area contributed by atoms with Crippen molar-refractivity contribution in [1.29, 1.82) is 0 Å². The van der Waals surface area contributed by atoms with Gasteiger partial charge in [0.25, 0.3) is 11.5 Å². The molecule has 1 unspecified atom stereocenters. The molecule has 0 saturated carbocycles. The van der Waals surface area contributed by atoms with Crippen molar-refractivity contribution in [3.63, 3.8) is 0 Å². The first kappa shape index (κ1) is 17.4. The molecule has 0 bridgehead atoms. The van der Waals surface area contributed by atoms with E-state index in [1.54, 1.807) is 37.5 Å². The fourth-order valence-electron chi connectivity index (χ4n) is 2.73. The molecular formula is C18H18N4O4. The van der Waals surface area contributed by atoms with E-state index in [1.165, 1.54) is 13.2 Å². The Labute approximate surface area is 149 Å². The summed E-state index contributed by atoms with van der Waals surface area (Å²) in [6.07, 6.45) is 7.01. The average molecular weight is 354 g/mol. The maximum Gasteiger partial charge on any atom is 0.337 e. The van der Waals surface area contributed by atoms with E-state index in [1.807, 2.05) is 0 Å². The van der Waals surface area contributed by atoms with Crippen molar-refractivity contribution in [2.45, 2.75) is 12.5 Å². The summed E-state index contributed by atoms with van der Waals surface area (Å²) in [7, 11) is 3.01. The second kappa shape index (κ2) is 7.22. The minimum atomic E-state index is -0.495. The summed E-state index contributed by atoms with van der Waals surface area (Å²) < 4.78 is 4.65. The van der Waals surface area contributed by atoms with E-state index < -0.39 is 17.4 Å². The molecule has 0 saturated heterocycles. The molecule has 2 heterocycles. The fraction of sp³-hybridized carbons (Fsp3) is 0.222. The van der Waals surface area contributed by atoms with Gasteiger partial charge in [0.1, 0.15) is 11.4 Å². The number of amides is 1. The minimum absolute atomic E-state index is 0.0156. The number of carbonyl (C=O) groups is 2. The van der Waals surface area contributed by atoms with Crippen molar-refractivity contribution in [2.75, 3.05) is 19.5 Å². The number of hydrogen-bond acceptors (Lipinski definition) is 6. The smallest absolute Gasteiger partial charge is 0.337 e. The summed E-state index contributed by atoms with van der Waals surface area (Å²) in [5, 5.41) is 6.36. The SMILES string of the molecule is CNc1nccc2cc(C(=O)NC3C=CC(C(=O)OC)=CC3)c(=O)[nH]c12. The zero-order chi connectivity index (χ0) is 18.7. The summed E-state index contributed by atoms with van der Waals surface area (Å²) in [5.41, 5.74) is 0.500. The molecule has 1 atom stereocenters. The summed E-state index contributed by atoms with van der Waals surface area (Å²) in [4.78, 5) is 43.1. The molecule has 1 aliphatic rings. The van der Waals surface area contributed by atoms with Gasteiger partial charge in [-0.25, -0.2) is 9.78 Å². The molecule has 134 valence electrons. The van der Waals surface area contributed by atoms with Gasteiger partial charge in [0.2, 0.25) is 0 Å². The van der Waals surface area contributed by atoms with Crippen LogP contribution in [0, 0.1) is 0 Å². The molecule has 26 heavy (non-hydrogen) atoms. The molecular weight excluding hydrogens is 336 g/mol. The van der Waals surface area contributed by atoms with Gasteiger partial charge in [-0.15, -0.1) is 0 Å². The third-order valence-corrected chi connectivity index (χ3v) is 4.09. The van der Waals surface area contributed by atoms with E-state index in [-0.39, 0.29) is 11.6 Å². The Balaban J connectivity index is 1.80. The molecule has 0 spiro atoms.